The van der Waals surface area contributed by atoms with E-state index in [1.807, 2.05) is 26.2 Å². The van der Waals surface area contributed by atoms with Gasteiger partial charge in [-0.15, -0.1) is 0 Å². The first-order chi connectivity index (χ1) is 6.15. The zero-order valence-corrected chi connectivity index (χ0v) is 8.47. The van der Waals surface area contributed by atoms with Crippen LogP contribution in [0.2, 0.25) is 0 Å². The molecule has 72 valence electrons. The van der Waals surface area contributed by atoms with Crippen LogP contribution in [-0.4, -0.2) is 14.1 Å². The van der Waals surface area contributed by atoms with Crippen LogP contribution in [0.15, 0.2) is 18.2 Å². The smallest absolute Gasteiger partial charge is 0.146 e. The lowest BCUT2D eigenvalue weighted by Gasteiger charge is -2.14. The summed E-state index contributed by atoms with van der Waals surface area (Å²) >= 11 is 0. The fraction of sp³-hybridized carbons (Fsp3) is 0.455. The van der Waals surface area contributed by atoms with Crippen molar-refractivity contribution in [2.24, 2.45) is 0 Å². The first-order valence-electron chi connectivity index (χ1n) is 4.61. The Morgan fingerprint density at radius 3 is 2.54 bits per heavy atom. The van der Waals surface area contributed by atoms with Crippen molar-refractivity contribution in [2.75, 3.05) is 19.0 Å². The van der Waals surface area contributed by atoms with Crippen LogP contribution in [0.4, 0.5) is 10.1 Å². The number of rotatable bonds is 3. The van der Waals surface area contributed by atoms with Crippen molar-refractivity contribution in [3.05, 3.63) is 29.6 Å². The van der Waals surface area contributed by atoms with Gasteiger partial charge in [-0.2, -0.15) is 0 Å². The van der Waals surface area contributed by atoms with Gasteiger partial charge in [-0.25, -0.2) is 4.39 Å². The maximum Gasteiger partial charge on any atom is 0.146 e. The maximum absolute atomic E-state index is 13.2. The molecule has 0 aromatic heterocycles. The van der Waals surface area contributed by atoms with Crippen molar-refractivity contribution in [1.82, 2.24) is 0 Å². The van der Waals surface area contributed by atoms with Crippen LogP contribution in [0.1, 0.15) is 18.9 Å². The highest BCUT2D eigenvalue weighted by molar-refractivity contribution is 5.48. The van der Waals surface area contributed by atoms with Crippen molar-refractivity contribution in [3.63, 3.8) is 0 Å². The maximum atomic E-state index is 13.2. The summed E-state index contributed by atoms with van der Waals surface area (Å²) in [5.41, 5.74) is 1.87. The first-order valence-corrected chi connectivity index (χ1v) is 4.61. The molecule has 0 N–H and O–H groups in total. The van der Waals surface area contributed by atoms with E-state index in [0.29, 0.717) is 5.69 Å². The third kappa shape index (κ3) is 2.44. The van der Waals surface area contributed by atoms with Crippen LogP contribution in [0.3, 0.4) is 0 Å². The molecule has 13 heavy (non-hydrogen) atoms. The number of benzene rings is 1. The number of anilines is 1. The van der Waals surface area contributed by atoms with E-state index in [-0.39, 0.29) is 5.82 Å². The highest BCUT2D eigenvalue weighted by Crippen LogP contribution is 2.19. The van der Waals surface area contributed by atoms with E-state index in [1.165, 1.54) is 5.56 Å². The summed E-state index contributed by atoms with van der Waals surface area (Å²) in [6.45, 7) is 2.12. The molecule has 1 nitrogen and oxygen atoms in total. The van der Waals surface area contributed by atoms with Crippen molar-refractivity contribution in [1.29, 1.82) is 0 Å². The molecule has 1 aromatic rings. The SMILES string of the molecule is CCCc1ccc(F)c(N(C)C)c1. The lowest BCUT2D eigenvalue weighted by atomic mass is 10.1. The summed E-state index contributed by atoms with van der Waals surface area (Å²) < 4.78 is 13.2. The highest BCUT2D eigenvalue weighted by atomic mass is 19.1. The van der Waals surface area contributed by atoms with Crippen LogP contribution in [0.5, 0.6) is 0 Å². The second-order valence-corrected chi connectivity index (χ2v) is 3.43. The molecular weight excluding hydrogens is 165 g/mol. The van der Waals surface area contributed by atoms with Gasteiger partial charge in [0.2, 0.25) is 0 Å². The van der Waals surface area contributed by atoms with E-state index in [9.17, 15) is 4.39 Å². The molecule has 1 rings (SSSR count). The molecule has 0 saturated carbocycles. The van der Waals surface area contributed by atoms with Gasteiger partial charge in [0.05, 0.1) is 5.69 Å². The molecule has 0 spiro atoms. The molecule has 0 radical (unpaired) electrons. The molecule has 0 atom stereocenters. The third-order valence-electron chi connectivity index (χ3n) is 2.03. The van der Waals surface area contributed by atoms with Gasteiger partial charge in [-0.3, -0.25) is 0 Å². The minimum Gasteiger partial charge on any atom is -0.375 e. The van der Waals surface area contributed by atoms with E-state index in [1.54, 1.807) is 11.0 Å². The second-order valence-electron chi connectivity index (χ2n) is 3.43. The summed E-state index contributed by atoms with van der Waals surface area (Å²) in [7, 11) is 3.71. The quantitative estimate of drug-likeness (QED) is 0.693. The summed E-state index contributed by atoms with van der Waals surface area (Å²) in [5.74, 6) is -0.148. The summed E-state index contributed by atoms with van der Waals surface area (Å²) in [4.78, 5) is 1.80. The molecule has 0 unspecified atom stereocenters. The lowest BCUT2D eigenvalue weighted by molar-refractivity contribution is 0.625. The number of aryl methyl sites for hydroxylation is 1. The van der Waals surface area contributed by atoms with Crippen LogP contribution in [0.25, 0.3) is 0 Å². The fourth-order valence-corrected chi connectivity index (χ4v) is 1.35. The predicted octanol–water partition coefficient (Wildman–Crippen LogP) is 2.84. The summed E-state index contributed by atoms with van der Waals surface area (Å²) in [5, 5.41) is 0. The standard InChI is InChI=1S/C11H16FN/c1-4-5-9-6-7-10(12)11(8-9)13(2)3/h6-8H,4-5H2,1-3H3. The van der Waals surface area contributed by atoms with Crippen LogP contribution in [-0.2, 0) is 6.42 Å². The molecule has 0 saturated heterocycles. The van der Waals surface area contributed by atoms with E-state index in [4.69, 9.17) is 0 Å². The molecule has 0 bridgehead atoms. The minimum atomic E-state index is -0.148. The molecule has 0 aliphatic rings. The van der Waals surface area contributed by atoms with E-state index >= 15 is 0 Å². The molecule has 0 heterocycles. The van der Waals surface area contributed by atoms with E-state index in [2.05, 4.69) is 6.92 Å². The Morgan fingerprint density at radius 1 is 1.31 bits per heavy atom. The zero-order chi connectivity index (χ0) is 9.84. The van der Waals surface area contributed by atoms with Gasteiger partial charge in [0.25, 0.3) is 0 Å². The number of halogens is 1. The lowest BCUT2D eigenvalue weighted by Crippen LogP contribution is -2.10. The van der Waals surface area contributed by atoms with E-state index in [0.717, 1.165) is 12.8 Å². The minimum absolute atomic E-state index is 0.148. The largest absolute Gasteiger partial charge is 0.375 e. The molecule has 0 fully saturated rings. The molecule has 2 heteroatoms. The normalized spacial score (nSPS) is 10.2. The number of nitrogens with zero attached hydrogens (tertiary/aromatic N) is 1. The van der Waals surface area contributed by atoms with Gasteiger partial charge >= 0.3 is 0 Å². The Kier molecular flexibility index (Phi) is 3.29. The van der Waals surface area contributed by atoms with Crippen molar-refractivity contribution in [2.45, 2.75) is 19.8 Å². The number of hydrogen-bond donors (Lipinski definition) is 0. The second kappa shape index (κ2) is 4.26. The Labute approximate surface area is 79.2 Å². The topological polar surface area (TPSA) is 3.24 Å². The van der Waals surface area contributed by atoms with Crippen molar-refractivity contribution >= 4 is 5.69 Å². The third-order valence-corrected chi connectivity index (χ3v) is 2.03. The molecule has 0 aliphatic heterocycles. The highest BCUT2D eigenvalue weighted by Gasteiger charge is 2.04. The van der Waals surface area contributed by atoms with Gasteiger partial charge in [0, 0.05) is 14.1 Å². The average molecular weight is 181 g/mol. The summed E-state index contributed by atoms with van der Waals surface area (Å²) in [6, 6.07) is 5.31. The fourth-order valence-electron chi connectivity index (χ4n) is 1.35. The van der Waals surface area contributed by atoms with Crippen LogP contribution in [0, 0.1) is 5.82 Å². The monoisotopic (exact) mass is 181 g/mol. The van der Waals surface area contributed by atoms with Crippen molar-refractivity contribution < 1.29 is 4.39 Å². The van der Waals surface area contributed by atoms with Gasteiger partial charge in [0.15, 0.2) is 0 Å². The van der Waals surface area contributed by atoms with Crippen molar-refractivity contribution in [3.8, 4) is 0 Å². The van der Waals surface area contributed by atoms with Crippen LogP contribution >= 0.6 is 0 Å². The predicted molar refractivity (Wildman–Crippen MR) is 54.7 cm³/mol. The Balaban J connectivity index is 2.97. The Hall–Kier alpha value is -1.05. The van der Waals surface area contributed by atoms with E-state index < -0.39 is 0 Å². The molecule has 0 aliphatic carbocycles. The first kappa shape index (κ1) is 10.0. The molecular formula is C11H16FN. The average Bonchev–Trinajstić information content (AvgIpc) is 2.08. The van der Waals surface area contributed by atoms with Gasteiger partial charge in [-0.05, 0) is 24.1 Å². The number of hydrogen-bond acceptors (Lipinski definition) is 1. The Bertz CT molecular complexity index is 281. The molecule has 1 aromatic carbocycles. The van der Waals surface area contributed by atoms with Gasteiger partial charge in [0.1, 0.15) is 5.82 Å². The Morgan fingerprint density at radius 2 is 2.00 bits per heavy atom. The summed E-state index contributed by atoms with van der Waals surface area (Å²) in [6.07, 6.45) is 2.11. The van der Waals surface area contributed by atoms with Crippen LogP contribution < -0.4 is 4.90 Å². The van der Waals surface area contributed by atoms with Gasteiger partial charge < -0.3 is 4.90 Å². The molecule has 0 amide bonds. The van der Waals surface area contributed by atoms with Gasteiger partial charge in [-0.1, -0.05) is 19.4 Å². The zero-order valence-electron chi connectivity index (χ0n) is 8.47.